The van der Waals surface area contributed by atoms with Crippen LogP contribution in [0.25, 0.3) is 0 Å². The molecule has 0 aliphatic rings. The van der Waals surface area contributed by atoms with E-state index in [1.165, 1.54) is 0 Å². The molecule has 1 amide bonds. The Morgan fingerprint density at radius 3 is 2.27 bits per heavy atom. The van der Waals surface area contributed by atoms with Crippen molar-refractivity contribution in [1.29, 1.82) is 0 Å². The number of carbonyl (C=O) groups excluding carboxylic acids is 1. The SMILES string of the molecule is Cc1ccnc(Nc2ccc(NCCNC(=O)c3ccc(C(F)(F)F)cc3)nn2)c1. The largest absolute Gasteiger partial charge is 0.416 e. The first kappa shape index (κ1) is 21.0. The summed E-state index contributed by atoms with van der Waals surface area (Å²) in [7, 11) is 0. The summed E-state index contributed by atoms with van der Waals surface area (Å²) >= 11 is 0. The minimum Gasteiger partial charge on any atom is -0.367 e. The predicted molar refractivity (Wildman–Crippen MR) is 107 cm³/mol. The maximum atomic E-state index is 12.6. The van der Waals surface area contributed by atoms with Gasteiger partial charge in [-0.2, -0.15) is 13.2 Å². The van der Waals surface area contributed by atoms with E-state index in [4.69, 9.17) is 0 Å². The lowest BCUT2D eigenvalue weighted by atomic mass is 10.1. The van der Waals surface area contributed by atoms with Gasteiger partial charge in [0, 0.05) is 24.8 Å². The summed E-state index contributed by atoms with van der Waals surface area (Å²) < 4.78 is 37.7. The summed E-state index contributed by atoms with van der Waals surface area (Å²) in [6.07, 6.45) is -2.73. The van der Waals surface area contributed by atoms with Gasteiger partial charge in [0.05, 0.1) is 5.56 Å². The molecule has 1 aromatic carbocycles. The highest BCUT2D eigenvalue weighted by Crippen LogP contribution is 2.29. The summed E-state index contributed by atoms with van der Waals surface area (Å²) in [5, 5.41) is 16.8. The van der Waals surface area contributed by atoms with Crippen molar-refractivity contribution >= 4 is 23.4 Å². The van der Waals surface area contributed by atoms with Crippen molar-refractivity contribution in [2.24, 2.45) is 0 Å². The average Bonchev–Trinajstić information content (AvgIpc) is 2.72. The van der Waals surface area contributed by atoms with Crippen LogP contribution in [-0.2, 0) is 6.18 Å². The van der Waals surface area contributed by atoms with Gasteiger partial charge in [-0.15, -0.1) is 10.2 Å². The quantitative estimate of drug-likeness (QED) is 0.508. The first-order valence-electron chi connectivity index (χ1n) is 9.04. The molecule has 3 rings (SSSR count). The van der Waals surface area contributed by atoms with Crippen LogP contribution in [0.1, 0.15) is 21.5 Å². The highest BCUT2D eigenvalue weighted by molar-refractivity contribution is 5.94. The van der Waals surface area contributed by atoms with Crippen LogP contribution in [0.2, 0.25) is 0 Å². The van der Waals surface area contributed by atoms with Crippen molar-refractivity contribution in [3.8, 4) is 0 Å². The Kier molecular flexibility index (Phi) is 6.45. The predicted octanol–water partition coefficient (Wildman–Crippen LogP) is 3.78. The second kappa shape index (κ2) is 9.21. The topological polar surface area (TPSA) is 91.8 Å². The number of hydrogen-bond acceptors (Lipinski definition) is 6. The van der Waals surface area contributed by atoms with E-state index in [1.54, 1.807) is 18.3 Å². The Hall–Kier alpha value is -3.69. The van der Waals surface area contributed by atoms with Crippen LogP contribution >= 0.6 is 0 Å². The highest BCUT2D eigenvalue weighted by Gasteiger charge is 2.30. The lowest BCUT2D eigenvalue weighted by Crippen LogP contribution is -2.29. The minimum absolute atomic E-state index is 0.156. The first-order valence-corrected chi connectivity index (χ1v) is 9.04. The summed E-state index contributed by atoms with van der Waals surface area (Å²) in [5.41, 5.74) is 0.426. The van der Waals surface area contributed by atoms with E-state index >= 15 is 0 Å². The summed E-state index contributed by atoms with van der Waals surface area (Å²) in [5.74, 6) is 1.26. The lowest BCUT2D eigenvalue weighted by molar-refractivity contribution is -0.137. The zero-order valence-corrected chi connectivity index (χ0v) is 16.0. The summed E-state index contributed by atoms with van der Waals surface area (Å²) in [4.78, 5) is 16.2. The Morgan fingerprint density at radius 2 is 1.63 bits per heavy atom. The van der Waals surface area contributed by atoms with Gasteiger partial charge >= 0.3 is 6.18 Å². The number of aromatic nitrogens is 3. The van der Waals surface area contributed by atoms with E-state index in [0.717, 1.165) is 29.8 Å². The third-order valence-corrected chi connectivity index (χ3v) is 4.03. The molecule has 156 valence electrons. The molecule has 0 atom stereocenters. The lowest BCUT2D eigenvalue weighted by Gasteiger charge is -2.09. The van der Waals surface area contributed by atoms with E-state index in [-0.39, 0.29) is 12.1 Å². The Balaban J connectivity index is 1.43. The number of aryl methyl sites for hydroxylation is 1. The number of nitrogens with zero attached hydrogens (tertiary/aromatic N) is 3. The van der Waals surface area contributed by atoms with Gasteiger partial charge in [-0.25, -0.2) is 4.98 Å². The number of amides is 1. The van der Waals surface area contributed by atoms with E-state index < -0.39 is 17.6 Å². The molecule has 0 radical (unpaired) electrons. The Labute approximate surface area is 170 Å². The van der Waals surface area contributed by atoms with Crippen LogP contribution in [0.3, 0.4) is 0 Å². The zero-order valence-electron chi connectivity index (χ0n) is 16.0. The Bertz CT molecular complexity index is 991. The zero-order chi connectivity index (χ0) is 21.6. The van der Waals surface area contributed by atoms with Gasteiger partial charge in [-0.05, 0) is 61.0 Å². The van der Waals surface area contributed by atoms with Crippen molar-refractivity contribution in [3.05, 3.63) is 71.4 Å². The number of rotatable bonds is 7. The Morgan fingerprint density at radius 1 is 0.933 bits per heavy atom. The monoisotopic (exact) mass is 416 g/mol. The fraction of sp³-hybridized carbons (Fsp3) is 0.200. The van der Waals surface area contributed by atoms with Crippen LogP contribution in [0, 0.1) is 6.92 Å². The van der Waals surface area contributed by atoms with Gasteiger partial charge in [-0.3, -0.25) is 4.79 Å². The number of hydrogen-bond donors (Lipinski definition) is 3. The average molecular weight is 416 g/mol. The summed E-state index contributed by atoms with van der Waals surface area (Å²) in [6, 6.07) is 11.3. The molecule has 3 aromatic rings. The number of nitrogens with one attached hydrogen (secondary N) is 3. The van der Waals surface area contributed by atoms with Crippen molar-refractivity contribution < 1.29 is 18.0 Å². The maximum Gasteiger partial charge on any atom is 0.416 e. The molecule has 0 spiro atoms. The van der Waals surface area contributed by atoms with Gasteiger partial charge < -0.3 is 16.0 Å². The number of anilines is 3. The molecule has 0 unspecified atom stereocenters. The van der Waals surface area contributed by atoms with Gasteiger partial charge in [-0.1, -0.05) is 0 Å². The molecule has 2 aromatic heterocycles. The van der Waals surface area contributed by atoms with Crippen LogP contribution in [0.5, 0.6) is 0 Å². The van der Waals surface area contributed by atoms with E-state index in [0.29, 0.717) is 24.0 Å². The number of benzene rings is 1. The van der Waals surface area contributed by atoms with Crippen LogP contribution in [0.4, 0.5) is 30.6 Å². The number of alkyl halides is 3. The standard InChI is InChI=1S/C20H19F3N6O/c1-13-8-9-24-18(12-13)27-17-7-6-16(28-29-17)25-10-11-26-19(30)14-2-4-15(5-3-14)20(21,22)23/h2-9,12H,10-11H2,1H3,(H,25,28)(H,26,30)(H,24,27,29). The molecule has 0 bridgehead atoms. The van der Waals surface area contributed by atoms with Gasteiger partial charge in [0.1, 0.15) is 11.6 Å². The molecule has 2 heterocycles. The van der Waals surface area contributed by atoms with E-state index in [1.807, 2.05) is 19.1 Å². The van der Waals surface area contributed by atoms with Crippen molar-refractivity contribution in [3.63, 3.8) is 0 Å². The molecular formula is C20H19F3N6O. The van der Waals surface area contributed by atoms with Crippen molar-refractivity contribution in [2.45, 2.75) is 13.1 Å². The molecule has 7 nitrogen and oxygen atoms in total. The number of carbonyl (C=O) groups is 1. The fourth-order valence-electron chi connectivity index (χ4n) is 2.51. The maximum absolute atomic E-state index is 12.6. The smallest absolute Gasteiger partial charge is 0.367 e. The van der Waals surface area contributed by atoms with Crippen molar-refractivity contribution in [2.75, 3.05) is 23.7 Å². The second-order valence-electron chi connectivity index (χ2n) is 6.41. The molecule has 3 N–H and O–H groups in total. The third kappa shape index (κ3) is 5.90. The van der Waals surface area contributed by atoms with Crippen LogP contribution in [0.15, 0.2) is 54.7 Å². The molecule has 0 fully saturated rings. The fourth-order valence-corrected chi connectivity index (χ4v) is 2.51. The molecule has 0 saturated heterocycles. The van der Waals surface area contributed by atoms with E-state index in [9.17, 15) is 18.0 Å². The highest BCUT2D eigenvalue weighted by atomic mass is 19.4. The summed E-state index contributed by atoms with van der Waals surface area (Å²) in [6.45, 7) is 2.59. The molecule has 0 saturated carbocycles. The first-order chi connectivity index (χ1) is 14.3. The molecule has 0 aliphatic heterocycles. The van der Waals surface area contributed by atoms with E-state index in [2.05, 4.69) is 31.1 Å². The molecule has 0 aliphatic carbocycles. The third-order valence-electron chi connectivity index (χ3n) is 4.03. The van der Waals surface area contributed by atoms with Gasteiger partial charge in [0.15, 0.2) is 5.82 Å². The van der Waals surface area contributed by atoms with Crippen molar-refractivity contribution in [1.82, 2.24) is 20.5 Å². The number of pyridine rings is 1. The molecular weight excluding hydrogens is 397 g/mol. The van der Waals surface area contributed by atoms with Crippen LogP contribution in [-0.4, -0.2) is 34.2 Å². The van der Waals surface area contributed by atoms with Gasteiger partial charge in [0.2, 0.25) is 0 Å². The van der Waals surface area contributed by atoms with Gasteiger partial charge in [0.25, 0.3) is 5.91 Å². The molecule has 10 heteroatoms. The molecule has 30 heavy (non-hydrogen) atoms. The second-order valence-corrected chi connectivity index (χ2v) is 6.41. The minimum atomic E-state index is -4.43. The van der Waals surface area contributed by atoms with Crippen LogP contribution < -0.4 is 16.0 Å². The normalized spacial score (nSPS) is 11.1. The number of halogens is 3.